The van der Waals surface area contributed by atoms with Crippen molar-refractivity contribution in [1.29, 1.82) is 0 Å². The molecule has 0 heterocycles. The lowest BCUT2D eigenvalue weighted by molar-refractivity contribution is 0.0638. The van der Waals surface area contributed by atoms with Gasteiger partial charge in [0.15, 0.2) is 0 Å². The molecule has 0 fully saturated rings. The Bertz CT molecular complexity index is 864. The first kappa shape index (κ1) is 17.6. The number of hydrogen-bond donors (Lipinski definition) is 4. The quantitative estimate of drug-likeness (QED) is 0.643. The van der Waals surface area contributed by atoms with E-state index in [9.17, 15) is 44.0 Å². The van der Waals surface area contributed by atoms with E-state index in [1.165, 1.54) is 0 Å². The van der Waals surface area contributed by atoms with Crippen LogP contribution in [0.4, 0.5) is 4.39 Å². The predicted molar refractivity (Wildman–Crippen MR) is 79.7 cm³/mol. The van der Waals surface area contributed by atoms with Gasteiger partial charge in [-0.25, -0.2) is 23.6 Å². The van der Waals surface area contributed by atoms with Gasteiger partial charge in [-0.15, -0.1) is 0 Å². The molecule has 2 aromatic rings. The summed E-state index contributed by atoms with van der Waals surface area (Å²) in [7, 11) is 0. The summed E-state index contributed by atoms with van der Waals surface area (Å²) in [5.41, 5.74) is -4.37. The number of hydrogen-bond acceptors (Lipinski definition) is 4. The summed E-state index contributed by atoms with van der Waals surface area (Å²) in [5.74, 6) is -7.74. The fourth-order valence-corrected chi connectivity index (χ4v) is 2.37. The number of rotatable bonds is 5. The van der Waals surface area contributed by atoms with Gasteiger partial charge in [0.05, 0.1) is 22.3 Å². The lowest BCUT2D eigenvalue weighted by Gasteiger charge is -2.15. The Morgan fingerprint density at radius 2 is 1.08 bits per heavy atom. The number of carboxylic acids is 4. The van der Waals surface area contributed by atoms with Crippen molar-refractivity contribution in [3.05, 3.63) is 58.4 Å². The SMILES string of the molecule is O=C(O)c1cc(C(=O)O)c(C(=O)O)c(-c2ccc(F)cc2)c1C(=O)O. The normalized spacial score (nSPS) is 10.3. The Labute approximate surface area is 138 Å². The standard InChI is InChI=1S/C16H9FO8/c17-7-3-1-6(2-4-7)10-11(15(22)23)8(13(18)19)5-9(14(20)21)12(10)16(24)25/h1-5H,(H,18,19)(H,20,21)(H,22,23)(H,24,25). The third-order valence-electron chi connectivity index (χ3n) is 3.35. The molecule has 0 aliphatic heterocycles. The van der Waals surface area contributed by atoms with Gasteiger partial charge in [-0.05, 0) is 23.8 Å². The summed E-state index contributed by atoms with van der Waals surface area (Å²) < 4.78 is 13.1. The molecule has 0 amide bonds. The first-order valence-corrected chi connectivity index (χ1v) is 6.55. The molecule has 4 N–H and O–H groups in total. The molecule has 128 valence electrons. The molecule has 9 heteroatoms. The van der Waals surface area contributed by atoms with Crippen LogP contribution in [0.3, 0.4) is 0 Å². The van der Waals surface area contributed by atoms with Crippen LogP contribution in [0.25, 0.3) is 11.1 Å². The van der Waals surface area contributed by atoms with E-state index >= 15 is 0 Å². The second-order valence-electron chi connectivity index (χ2n) is 4.82. The highest BCUT2D eigenvalue weighted by molar-refractivity contribution is 6.15. The predicted octanol–water partition coefficient (Wildman–Crippen LogP) is 2.29. The first-order chi connectivity index (χ1) is 11.6. The van der Waals surface area contributed by atoms with Crippen molar-refractivity contribution in [3.8, 4) is 11.1 Å². The number of benzene rings is 2. The highest BCUT2D eigenvalue weighted by atomic mass is 19.1. The van der Waals surface area contributed by atoms with Gasteiger partial charge in [0.1, 0.15) is 5.82 Å². The van der Waals surface area contributed by atoms with Crippen molar-refractivity contribution in [3.63, 3.8) is 0 Å². The second-order valence-corrected chi connectivity index (χ2v) is 4.82. The monoisotopic (exact) mass is 348 g/mol. The van der Waals surface area contributed by atoms with Gasteiger partial charge in [-0.1, -0.05) is 12.1 Å². The maximum Gasteiger partial charge on any atom is 0.337 e. The minimum Gasteiger partial charge on any atom is -0.478 e. The lowest BCUT2D eigenvalue weighted by atomic mass is 9.87. The van der Waals surface area contributed by atoms with E-state index in [4.69, 9.17) is 0 Å². The van der Waals surface area contributed by atoms with E-state index in [1.807, 2.05) is 0 Å². The van der Waals surface area contributed by atoms with Gasteiger partial charge < -0.3 is 20.4 Å². The summed E-state index contributed by atoms with van der Waals surface area (Å²) >= 11 is 0. The summed E-state index contributed by atoms with van der Waals surface area (Å²) in [5, 5.41) is 37.1. The highest BCUT2D eigenvalue weighted by Crippen LogP contribution is 2.33. The topological polar surface area (TPSA) is 149 Å². The molecular weight excluding hydrogens is 339 g/mol. The zero-order valence-corrected chi connectivity index (χ0v) is 12.2. The van der Waals surface area contributed by atoms with Crippen LogP contribution in [0.2, 0.25) is 0 Å². The molecule has 0 aromatic heterocycles. The zero-order valence-electron chi connectivity index (χ0n) is 12.2. The van der Waals surface area contributed by atoms with E-state index in [0.29, 0.717) is 6.07 Å². The summed E-state index contributed by atoms with van der Waals surface area (Å²) in [6, 6.07) is 4.34. The largest absolute Gasteiger partial charge is 0.478 e. The molecule has 2 rings (SSSR count). The van der Waals surface area contributed by atoms with Crippen LogP contribution < -0.4 is 0 Å². The third kappa shape index (κ3) is 3.15. The van der Waals surface area contributed by atoms with Crippen molar-refractivity contribution in [1.82, 2.24) is 0 Å². The fraction of sp³-hybridized carbons (Fsp3) is 0. The van der Waals surface area contributed by atoms with Crippen LogP contribution >= 0.6 is 0 Å². The minimum atomic E-state index is -1.77. The lowest BCUT2D eigenvalue weighted by Crippen LogP contribution is -2.18. The van der Waals surface area contributed by atoms with Gasteiger partial charge in [0.25, 0.3) is 0 Å². The number of halogens is 1. The summed E-state index contributed by atoms with van der Waals surface area (Å²) in [4.78, 5) is 45.8. The van der Waals surface area contributed by atoms with Crippen molar-refractivity contribution < 1.29 is 44.0 Å². The van der Waals surface area contributed by atoms with Crippen molar-refractivity contribution in [2.75, 3.05) is 0 Å². The molecule has 0 spiro atoms. The van der Waals surface area contributed by atoms with Crippen LogP contribution in [0.5, 0.6) is 0 Å². The Balaban J connectivity index is 3.10. The van der Waals surface area contributed by atoms with E-state index in [1.54, 1.807) is 0 Å². The maximum absolute atomic E-state index is 13.1. The Morgan fingerprint density at radius 1 is 0.680 bits per heavy atom. The second kappa shape index (κ2) is 6.40. The third-order valence-corrected chi connectivity index (χ3v) is 3.35. The molecule has 0 bridgehead atoms. The van der Waals surface area contributed by atoms with Crippen molar-refractivity contribution in [2.24, 2.45) is 0 Å². The van der Waals surface area contributed by atoms with Crippen LogP contribution in [0.1, 0.15) is 41.4 Å². The van der Waals surface area contributed by atoms with Crippen molar-refractivity contribution >= 4 is 23.9 Å². The molecule has 8 nitrogen and oxygen atoms in total. The van der Waals surface area contributed by atoms with Crippen LogP contribution in [-0.4, -0.2) is 44.3 Å². The average Bonchev–Trinajstić information content (AvgIpc) is 2.52. The zero-order chi connectivity index (χ0) is 18.9. The smallest absolute Gasteiger partial charge is 0.337 e. The van der Waals surface area contributed by atoms with E-state index < -0.39 is 57.5 Å². The molecule has 2 aromatic carbocycles. The fourth-order valence-electron chi connectivity index (χ4n) is 2.37. The summed E-state index contributed by atoms with van der Waals surface area (Å²) in [6.45, 7) is 0. The molecule has 0 saturated carbocycles. The molecule has 0 saturated heterocycles. The molecular formula is C16H9FO8. The Morgan fingerprint density at radius 3 is 1.40 bits per heavy atom. The Kier molecular flexibility index (Phi) is 4.50. The highest BCUT2D eigenvalue weighted by Gasteiger charge is 2.31. The molecule has 0 atom stereocenters. The molecule has 0 radical (unpaired) electrons. The van der Waals surface area contributed by atoms with E-state index in [0.717, 1.165) is 24.3 Å². The van der Waals surface area contributed by atoms with Crippen molar-refractivity contribution in [2.45, 2.75) is 0 Å². The van der Waals surface area contributed by atoms with Gasteiger partial charge in [-0.2, -0.15) is 0 Å². The van der Waals surface area contributed by atoms with Gasteiger partial charge in [-0.3, -0.25) is 0 Å². The number of aromatic carboxylic acids is 4. The number of carbonyl (C=O) groups is 4. The van der Waals surface area contributed by atoms with Gasteiger partial charge in [0.2, 0.25) is 0 Å². The molecule has 0 aliphatic rings. The maximum atomic E-state index is 13.1. The summed E-state index contributed by atoms with van der Waals surface area (Å²) in [6.07, 6.45) is 0. The number of carboxylic acid groups (broad SMARTS) is 4. The van der Waals surface area contributed by atoms with Crippen LogP contribution in [-0.2, 0) is 0 Å². The molecule has 0 unspecified atom stereocenters. The van der Waals surface area contributed by atoms with Crippen LogP contribution in [0.15, 0.2) is 30.3 Å². The van der Waals surface area contributed by atoms with Gasteiger partial charge in [0, 0.05) is 5.56 Å². The van der Waals surface area contributed by atoms with Crippen LogP contribution in [0, 0.1) is 5.82 Å². The van der Waals surface area contributed by atoms with E-state index in [2.05, 4.69) is 0 Å². The van der Waals surface area contributed by atoms with Gasteiger partial charge >= 0.3 is 23.9 Å². The minimum absolute atomic E-state index is 0.151. The average molecular weight is 348 g/mol. The Hall–Kier alpha value is -3.75. The first-order valence-electron chi connectivity index (χ1n) is 6.55. The molecule has 25 heavy (non-hydrogen) atoms. The molecule has 0 aliphatic carbocycles. The van der Waals surface area contributed by atoms with E-state index in [-0.39, 0.29) is 5.56 Å².